The molecule has 7 heteroatoms. The highest BCUT2D eigenvalue weighted by Gasteiger charge is 2.31. The van der Waals surface area contributed by atoms with E-state index in [0.29, 0.717) is 17.3 Å². The Bertz CT molecular complexity index is 1370. The van der Waals surface area contributed by atoms with Crippen LogP contribution in [0.3, 0.4) is 0 Å². The normalized spacial score (nSPS) is 15.7. The molecule has 0 saturated heterocycles. The molecule has 1 aliphatic heterocycles. The number of rotatable bonds is 4. The van der Waals surface area contributed by atoms with E-state index in [1.165, 1.54) is 4.68 Å². The smallest absolute Gasteiger partial charge is 0.273 e. The fraction of sp³-hybridized carbons (Fsp3) is 0.208. The van der Waals surface area contributed by atoms with Crippen molar-refractivity contribution in [1.82, 2.24) is 19.2 Å². The van der Waals surface area contributed by atoms with Gasteiger partial charge in [0.1, 0.15) is 0 Å². The van der Waals surface area contributed by atoms with Crippen LogP contribution in [-0.4, -0.2) is 31.7 Å². The average Bonchev–Trinajstić information content (AvgIpc) is 3.29. The van der Waals surface area contributed by atoms with Gasteiger partial charge < -0.3 is 9.47 Å². The molecule has 0 radical (unpaired) electrons. The van der Waals surface area contributed by atoms with Crippen LogP contribution in [0.4, 0.5) is 0 Å². The van der Waals surface area contributed by atoms with Crippen molar-refractivity contribution in [2.75, 3.05) is 6.54 Å². The molecule has 1 atom stereocenters. The molecule has 0 bridgehead atoms. The third-order valence-corrected chi connectivity index (χ3v) is 5.91. The zero-order valence-corrected chi connectivity index (χ0v) is 16.9. The number of aromatic nitrogens is 3. The molecular weight excluding hydrogens is 392 g/mol. The van der Waals surface area contributed by atoms with Gasteiger partial charge >= 0.3 is 0 Å². The first-order valence-corrected chi connectivity index (χ1v) is 10.3. The SMILES string of the molecule is O=C(CCn1[nH]c(=O)c2ccccc2c1=O)N1CCn2cccc2[C@H]1c1ccccc1. The number of carbonyl (C=O) groups excluding carboxylic acids is 1. The predicted molar refractivity (Wildman–Crippen MR) is 118 cm³/mol. The monoisotopic (exact) mass is 414 g/mol. The molecule has 5 rings (SSSR count). The van der Waals surface area contributed by atoms with Gasteiger partial charge in [0, 0.05) is 31.4 Å². The van der Waals surface area contributed by atoms with Crippen molar-refractivity contribution >= 4 is 16.7 Å². The fourth-order valence-electron chi connectivity index (χ4n) is 4.39. The standard InChI is InChI=1S/C24H22N4O3/c29-21(12-14-28-24(31)19-10-5-4-9-18(19)23(30)25-28)27-16-15-26-13-6-11-20(26)22(27)17-7-2-1-3-8-17/h1-11,13,22H,12,14-16H2,(H,25,30)/t22-/m1/s1. The number of hydrogen-bond donors (Lipinski definition) is 1. The van der Waals surface area contributed by atoms with Crippen LogP contribution in [0.15, 0.2) is 82.5 Å². The van der Waals surface area contributed by atoms with E-state index in [-0.39, 0.29) is 36.0 Å². The molecule has 1 N–H and O–H groups in total. The van der Waals surface area contributed by atoms with E-state index in [9.17, 15) is 14.4 Å². The van der Waals surface area contributed by atoms with Crippen LogP contribution >= 0.6 is 0 Å². The molecule has 31 heavy (non-hydrogen) atoms. The number of nitrogens with zero attached hydrogens (tertiary/aromatic N) is 3. The van der Waals surface area contributed by atoms with Crippen molar-refractivity contribution in [3.8, 4) is 0 Å². The summed E-state index contributed by atoms with van der Waals surface area (Å²) >= 11 is 0. The van der Waals surface area contributed by atoms with Crippen molar-refractivity contribution in [3.63, 3.8) is 0 Å². The van der Waals surface area contributed by atoms with E-state index in [0.717, 1.165) is 17.8 Å². The molecule has 2 aromatic carbocycles. The summed E-state index contributed by atoms with van der Waals surface area (Å²) in [4.78, 5) is 40.2. The molecule has 156 valence electrons. The fourth-order valence-corrected chi connectivity index (χ4v) is 4.39. The van der Waals surface area contributed by atoms with Crippen molar-refractivity contribution in [1.29, 1.82) is 0 Å². The first-order valence-electron chi connectivity index (χ1n) is 10.3. The van der Waals surface area contributed by atoms with Crippen LogP contribution in [0.5, 0.6) is 0 Å². The van der Waals surface area contributed by atoms with Gasteiger partial charge in [0.2, 0.25) is 5.91 Å². The van der Waals surface area contributed by atoms with Gasteiger partial charge in [0.05, 0.1) is 23.4 Å². The summed E-state index contributed by atoms with van der Waals surface area (Å²) in [5.41, 5.74) is 1.49. The van der Waals surface area contributed by atoms with Gasteiger partial charge in [-0.05, 0) is 29.8 Å². The minimum absolute atomic E-state index is 0.0535. The summed E-state index contributed by atoms with van der Waals surface area (Å²) in [6, 6.07) is 20.5. The number of aromatic amines is 1. The average molecular weight is 414 g/mol. The Labute approximate surface area is 178 Å². The van der Waals surface area contributed by atoms with E-state index < -0.39 is 0 Å². The lowest BCUT2D eigenvalue weighted by molar-refractivity contribution is -0.134. The minimum atomic E-state index is -0.333. The first kappa shape index (κ1) is 19.1. The Balaban J connectivity index is 1.43. The largest absolute Gasteiger partial charge is 0.348 e. The number of fused-ring (bicyclic) bond motifs is 2. The van der Waals surface area contributed by atoms with Gasteiger partial charge in [-0.3, -0.25) is 19.5 Å². The quantitative estimate of drug-likeness (QED) is 0.557. The van der Waals surface area contributed by atoms with E-state index in [2.05, 4.69) is 9.67 Å². The molecule has 1 aliphatic rings. The number of hydrogen-bond acceptors (Lipinski definition) is 3. The highest BCUT2D eigenvalue weighted by Crippen LogP contribution is 2.32. The predicted octanol–water partition coefficient (Wildman–Crippen LogP) is 2.51. The molecule has 0 unspecified atom stereocenters. The van der Waals surface area contributed by atoms with E-state index in [4.69, 9.17) is 0 Å². The second-order valence-electron chi connectivity index (χ2n) is 7.72. The number of nitrogens with one attached hydrogen (secondary N) is 1. The van der Waals surface area contributed by atoms with Gasteiger partial charge in [-0.25, -0.2) is 4.68 Å². The zero-order chi connectivity index (χ0) is 21.4. The molecule has 3 heterocycles. The Morgan fingerprint density at radius 2 is 1.65 bits per heavy atom. The Morgan fingerprint density at radius 1 is 0.903 bits per heavy atom. The highest BCUT2D eigenvalue weighted by atomic mass is 16.2. The van der Waals surface area contributed by atoms with Crippen molar-refractivity contribution in [3.05, 3.63) is 105 Å². The second kappa shape index (κ2) is 7.75. The first-order chi connectivity index (χ1) is 15.1. The summed E-state index contributed by atoms with van der Waals surface area (Å²) in [5, 5.41) is 3.32. The number of benzene rings is 2. The summed E-state index contributed by atoms with van der Waals surface area (Å²) in [6.45, 7) is 1.43. The maximum Gasteiger partial charge on any atom is 0.273 e. The lowest BCUT2D eigenvalue weighted by atomic mass is 9.99. The topological polar surface area (TPSA) is 80.1 Å². The number of carbonyl (C=O) groups is 1. The molecule has 0 spiro atoms. The van der Waals surface area contributed by atoms with Gasteiger partial charge in [0.25, 0.3) is 11.1 Å². The summed E-state index contributed by atoms with van der Waals surface area (Å²) in [6.07, 6.45) is 2.16. The number of amides is 1. The Morgan fingerprint density at radius 3 is 2.45 bits per heavy atom. The van der Waals surface area contributed by atoms with E-state index in [1.54, 1.807) is 24.3 Å². The summed E-state index contributed by atoms with van der Waals surface area (Å²) < 4.78 is 3.42. The third kappa shape index (κ3) is 3.38. The van der Waals surface area contributed by atoms with E-state index >= 15 is 0 Å². The second-order valence-corrected chi connectivity index (χ2v) is 7.72. The van der Waals surface area contributed by atoms with Crippen molar-refractivity contribution in [2.45, 2.75) is 25.6 Å². The maximum atomic E-state index is 13.3. The number of H-pyrrole nitrogens is 1. The van der Waals surface area contributed by atoms with Gasteiger partial charge in [-0.2, -0.15) is 0 Å². The van der Waals surface area contributed by atoms with Crippen molar-refractivity contribution < 1.29 is 4.79 Å². The van der Waals surface area contributed by atoms with Crippen LogP contribution in [0.2, 0.25) is 0 Å². The Kier molecular flexibility index (Phi) is 4.78. The molecule has 7 nitrogen and oxygen atoms in total. The molecule has 2 aromatic heterocycles. The molecule has 0 saturated carbocycles. The third-order valence-electron chi connectivity index (χ3n) is 5.91. The summed E-state index contributed by atoms with van der Waals surface area (Å²) in [7, 11) is 0. The lowest BCUT2D eigenvalue weighted by Crippen LogP contribution is -2.43. The molecule has 1 amide bonds. The van der Waals surface area contributed by atoms with Gasteiger partial charge in [-0.15, -0.1) is 0 Å². The van der Waals surface area contributed by atoms with Crippen LogP contribution in [0, 0.1) is 0 Å². The minimum Gasteiger partial charge on any atom is -0.348 e. The van der Waals surface area contributed by atoms with Crippen LogP contribution in [-0.2, 0) is 17.9 Å². The lowest BCUT2D eigenvalue weighted by Gasteiger charge is -2.37. The maximum absolute atomic E-state index is 13.3. The molecule has 4 aromatic rings. The Hall–Kier alpha value is -3.87. The van der Waals surface area contributed by atoms with Crippen LogP contribution in [0.25, 0.3) is 10.8 Å². The highest BCUT2D eigenvalue weighted by molar-refractivity contribution is 5.80. The molecule has 0 fully saturated rings. The van der Waals surface area contributed by atoms with Crippen molar-refractivity contribution in [2.24, 2.45) is 0 Å². The van der Waals surface area contributed by atoms with Crippen LogP contribution in [0.1, 0.15) is 23.7 Å². The molecular formula is C24H22N4O3. The van der Waals surface area contributed by atoms with Gasteiger partial charge in [0.15, 0.2) is 0 Å². The molecule has 0 aliphatic carbocycles. The zero-order valence-electron chi connectivity index (χ0n) is 16.9. The summed E-state index contributed by atoms with van der Waals surface area (Å²) in [5.74, 6) is -0.0535. The number of aryl methyl sites for hydroxylation is 1. The van der Waals surface area contributed by atoms with E-state index in [1.807, 2.05) is 53.6 Å². The van der Waals surface area contributed by atoms with Crippen LogP contribution < -0.4 is 11.1 Å². The van der Waals surface area contributed by atoms with Gasteiger partial charge in [-0.1, -0.05) is 42.5 Å².